The molecule has 1 N–H and O–H groups in total. The molecule has 2 rings (SSSR count). The number of carbonyl (C=O) groups excluding carboxylic acids is 3. The number of hydrogen-bond acceptors (Lipinski definition) is 6. The third-order valence-electron chi connectivity index (χ3n) is 4.30. The molecule has 0 aliphatic rings. The second-order valence-electron chi connectivity index (χ2n) is 10.0. The first-order valence-corrected chi connectivity index (χ1v) is 12.2. The lowest BCUT2D eigenvalue weighted by Crippen LogP contribution is -2.24. The Morgan fingerprint density at radius 3 is 1.41 bits per heavy atom. The molecule has 2 aromatic carbocycles. The summed E-state index contributed by atoms with van der Waals surface area (Å²) >= 11 is 0. The molecule has 0 amide bonds. The highest BCUT2D eigenvalue weighted by molar-refractivity contribution is 5.73. The number of aldehydes is 1. The lowest BCUT2D eigenvalue weighted by Gasteiger charge is -2.19. The van der Waals surface area contributed by atoms with Gasteiger partial charge in [-0.15, -0.1) is 0 Å². The minimum Gasteiger partial charge on any atom is -0.460 e. The van der Waals surface area contributed by atoms with E-state index in [1.165, 1.54) is 0 Å². The van der Waals surface area contributed by atoms with Crippen molar-refractivity contribution in [3.05, 3.63) is 70.8 Å². The van der Waals surface area contributed by atoms with Gasteiger partial charge in [0, 0.05) is 14.4 Å². The summed E-state index contributed by atoms with van der Waals surface area (Å²) in [6.07, 6.45) is 2.47. The van der Waals surface area contributed by atoms with E-state index in [0.29, 0.717) is 19.7 Å². The van der Waals surface area contributed by atoms with E-state index in [0.717, 1.165) is 28.5 Å². The fourth-order valence-electron chi connectivity index (χ4n) is 2.93. The molecular formula is C31H48O6. The maximum atomic E-state index is 11.6. The van der Waals surface area contributed by atoms with Crippen LogP contribution in [-0.4, -0.2) is 41.1 Å². The summed E-state index contributed by atoms with van der Waals surface area (Å²) in [6, 6.07) is 15.1. The van der Waals surface area contributed by atoms with Crippen molar-refractivity contribution >= 4 is 18.2 Å². The van der Waals surface area contributed by atoms with Crippen LogP contribution >= 0.6 is 0 Å². The molecule has 2 aromatic rings. The van der Waals surface area contributed by atoms with Crippen LogP contribution in [0.1, 0.15) is 86.4 Å². The number of carbonyl (C=O) groups is 3. The molecule has 6 nitrogen and oxygen atoms in total. The number of aliphatic hydroxyl groups excluding tert-OH is 1. The molecule has 0 heterocycles. The fourth-order valence-corrected chi connectivity index (χ4v) is 2.93. The van der Waals surface area contributed by atoms with Gasteiger partial charge < -0.3 is 19.4 Å². The Hall–Kier alpha value is -2.99. The first-order valence-electron chi connectivity index (χ1n) is 12.9. The van der Waals surface area contributed by atoms with E-state index in [-0.39, 0.29) is 38.8 Å². The van der Waals surface area contributed by atoms with Gasteiger partial charge in [-0.3, -0.25) is 9.59 Å². The quantitative estimate of drug-likeness (QED) is 0.337. The van der Waals surface area contributed by atoms with Gasteiger partial charge in [0.1, 0.15) is 17.5 Å². The summed E-state index contributed by atoms with van der Waals surface area (Å²) in [5.41, 5.74) is 2.96. The standard InChI is InChI=1S/C14H20O3.C14H18O3.C2H6.CH4/c2*1-14(2,3)17-13(16)10-12-6-4-11(5-7-12)8-9-15;1-2;/h4-7,15H,8-10H2,1-3H3;4-7,9H,8,10H2,1-3H3;1-2H3;1H4/i;;1D;. The highest BCUT2D eigenvalue weighted by Gasteiger charge is 2.17. The number of aliphatic hydroxyl groups is 1. The van der Waals surface area contributed by atoms with Crippen molar-refractivity contribution in [3.8, 4) is 0 Å². The number of esters is 2. The molecule has 0 spiro atoms. The van der Waals surface area contributed by atoms with E-state index in [4.69, 9.17) is 16.0 Å². The molecule has 208 valence electrons. The van der Waals surface area contributed by atoms with Gasteiger partial charge in [0.25, 0.3) is 0 Å². The topological polar surface area (TPSA) is 89.9 Å². The number of hydrogen-bond donors (Lipinski definition) is 1. The molecule has 0 saturated carbocycles. The van der Waals surface area contributed by atoms with Gasteiger partial charge in [0.2, 0.25) is 0 Å². The van der Waals surface area contributed by atoms with Gasteiger partial charge in [0.05, 0.1) is 12.8 Å². The van der Waals surface area contributed by atoms with Crippen molar-refractivity contribution in [1.82, 2.24) is 0 Å². The van der Waals surface area contributed by atoms with Crippen molar-refractivity contribution in [3.63, 3.8) is 0 Å². The van der Waals surface area contributed by atoms with E-state index in [9.17, 15) is 14.4 Å². The van der Waals surface area contributed by atoms with Gasteiger partial charge in [-0.2, -0.15) is 0 Å². The van der Waals surface area contributed by atoms with Crippen LogP contribution in [0.15, 0.2) is 48.5 Å². The molecular weight excluding hydrogens is 468 g/mol. The fraction of sp³-hybridized carbons (Fsp3) is 0.516. The third kappa shape index (κ3) is 18.9. The highest BCUT2D eigenvalue weighted by Crippen LogP contribution is 2.12. The molecule has 0 radical (unpaired) electrons. The maximum absolute atomic E-state index is 11.6. The summed E-state index contributed by atoms with van der Waals surface area (Å²) in [5.74, 6) is -0.451. The monoisotopic (exact) mass is 517 g/mol. The molecule has 0 unspecified atom stereocenters. The number of ether oxygens (including phenoxy) is 2. The minimum atomic E-state index is -0.450. The average molecular weight is 518 g/mol. The molecule has 0 aliphatic carbocycles. The predicted molar refractivity (Wildman–Crippen MR) is 151 cm³/mol. The van der Waals surface area contributed by atoms with Crippen LogP contribution in [0, 0.1) is 0 Å². The zero-order valence-corrected chi connectivity index (χ0v) is 22.9. The van der Waals surface area contributed by atoms with Gasteiger partial charge in [-0.1, -0.05) is 69.8 Å². The molecule has 37 heavy (non-hydrogen) atoms. The average Bonchev–Trinajstić information content (AvgIpc) is 2.75. The van der Waals surface area contributed by atoms with E-state index in [1.54, 1.807) is 6.92 Å². The number of rotatable bonds is 8. The summed E-state index contributed by atoms with van der Waals surface area (Å²) < 4.78 is 16.7. The summed E-state index contributed by atoms with van der Waals surface area (Å²) in [5, 5.41) is 8.79. The Morgan fingerprint density at radius 1 is 0.784 bits per heavy atom. The van der Waals surface area contributed by atoms with Crippen LogP contribution in [0.5, 0.6) is 0 Å². The SMILES string of the molecule is C.CC(C)(C)OC(=O)Cc1ccc(CC=O)cc1.CC(C)(C)OC(=O)Cc1ccc(CCO)cc1.[2H]CC. The van der Waals surface area contributed by atoms with Crippen molar-refractivity contribution in [1.29, 1.82) is 0 Å². The maximum Gasteiger partial charge on any atom is 0.310 e. The Bertz CT molecular complexity index is 923. The van der Waals surface area contributed by atoms with Gasteiger partial charge in [-0.25, -0.2) is 0 Å². The van der Waals surface area contributed by atoms with E-state index in [1.807, 2.05) is 90.1 Å². The molecule has 0 atom stereocenters. The van der Waals surface area contributed by atoms with Crippen molar-refractivity contribution in [2.75, 3.05) is 6.61 Å². The second-order valence-corrected chi connectivity index (χ2v) is 10.0. The molecule has 0 aliphatic heterocycles. The lowest BCUT2D eigenvalue weighted by molar-refractivity contribution is -0.155. The first-order chi connectivity index (χ1) is 17.2. The first kappa shape index (κ1) is 34.0. The molecule has 0 fully saturated rings. The lowest BCUT2D eigenvalue weighted by atomic mass is 10.1. The van der Waals surface area contributed by atoms with Crippen LogP contribution in [0.2, 0.25) is 0 Å². The van der Waals surface area contributed by atoms with Gasteiger partial charge in [0.15, 0.2) is 0 Å². The second kappa shape index (κ2) is 18.3. The minimum absolute atomic E-state index is 0. The normalized spacial score (nSPS) is 10.8. The van der Waals surface area contributed by atoms with Crippen LogP contribution in [0.3, 0.4) is 0 Å². The van der Waals surface area contributed by atoms with E-state index in [2.05, 4.69) is 0 Å². The Balaban J connectivity index is 0. The summed E-state index contributed by atoms with van der Waals surface area (Å²) in [4.78, 5) is 33.5. The van der Waals surface area contributed by atoms with Crippen LogP contribution < -0.4 is 0 Å². The van der Waals surface area contributed by atoms with Gasteiger partial charge >= 0.3 is 11.9 Å². The predicted octanol–water partition coefficient (Wildman–Crippen LogP) is 6.08. The van der Waals surface area contributed by atoms with Crippen molar-refractivity contribution < 1.29 is 30.3 Å². The van der Waals surface area contributed by atoms with Crippen molar-refractivity contribution in [2.45, 2.75) is 99.7 Å². The van der Waals surface area contributed by atoms with Crippen LogP contribution in [-0.2, 0) is 49.5 Å². The van der Waals surface area contributed by atoms with E-state index < -0.39 is 11.2 Å². The molecule has 0 saturated heterocycles. The Kier molecular flexibility index (Phi) is 16.8. The Morgan fingerprint density at radius 2 is 1.11 bits per heavy atom. The van der Waals surface area contributed by atoms with Crippen LogP contribution in [0.4, 0.5) is 0 Å². The zero-order valence-electron chi connectivity index (χ0n) is 23.9. The largest absolute Gasteiger partial charge is 0.460 e. The molecule has 6 heteroatoms. The van der Waals surface area contributed by atoms with Crippen molar-refractivity contribution in [2.24, 2.45) is 0 Å². The smallest absolute Gasteiger partial charge is 0.310 e. The van der Waals surface area contributed by atoms with E-state index >= 15 is 0 Å². The highest BCUT2D eigenvalue weighted by atomic mass is 16.6. The molecule has 0 aromatic heterocycles. The van der Waals surface area contributed by atoms with Gasteiger partial charge in [-0.05, 0) is 70.2 Å². The third-order valence-corrected chi connectivity index (χ3v) is 4.30. The summed E-state index contributed by atoms with van der Waals surface area (Å²) in [6.45, 7) is 13.5. The zero-order chi connectivity index (χ0) is 28.5. The number of benzene rings is 2. The Labute approximate surface area is 225 Å². The molecule has 0 bridgehead atoms. The summed E-state index contributed by atoms with van der Waals surface area (Å²) in [7, 11) is 0. The van der Waals surface area contributed by atoms with Crippen LogP contribution in [0.25, 0.3) is 0 Å².